The monoisotopic (exact) mass is 295 g/mol. The third-order valence-electron chi connectivity index (χ3n) is 3.91. The number of nitrogens with two attached hydrogens (primary N) is 1. The smallest absolute Gasteiger partial charge is 0.238 e. The van der Waals surface area contributed by atoms with E-state index in [9.17, 15) is 4.79 Å². The molecule has 8 nitrogen and oxygen atoms in total. The number of nitrogens with one attached hydrogen (secondary N) is 1. The van der Waals surface area contributed by atoms with Crippen LogP contribution in [0.25, 0.3) is 0 Å². The molecule has 21 heavy (non-hydrogen) atoms. The van der Waals surface area contributed by atoms with Crippen LogP contribution < -0.4 is 11.1 Å². The number of methoxy groups -OCH3 is 1. The fourth-order valence-corrected chi connectivity index (χ4v) is 2.66. The first-order chi connectivity index (χ1) is 10.1. The summed E-state index contributed by atoms with van der Waals surface area (Å²) in [6, 6.07) is 0. The number of ether oxygens (including phenoxy) is 1. The Balaban J connectivity index is 2.07. The number of carbonyl (C=O) groups excluding carboxylic acids is 1. The fraction of sp³-hybridized carbons (Fsp3) is 0.615. The van der Waals surface area contributed by atoms with E-state index in [1.807, 2.05) is 0 Å². The van der Waals surface area contributed by atoms with Crippen LogP contribution in [0.3, 0.4) is 0 Å². The maximum Gasteiger partial charge on any atom is 0.238 e. The third-order valence-corrected chi connectivity index (χ3v) is 3.91. The molecule has 1 fully saturated rings. The van der Waals surface area contributed by atoms with Gasteiger partial charge in [-0.2, -0.15) is 5.10 Å². The minimum atomic E-state index is -0.913. The zero-order valence-corrected chi connectivity index (χ0v) is 12.1. The molecule has 116 valence electrons. The molecule has 0 radical (unpaired) electrons. The standard InChI is InChI=1S/C13H21N5O3/c1-21-7-6-18-9-10(8-15-18)16-12(19)13(11(14)17-20)4-2-3-5-13/h8-9,20H,2-7H2,1H3,(H2,14,17)(H,16,19). The van der Waals surface area contributed by atoms with Gasteiger partial charge in [0.25, 0.3) is 0 Å². The first kappa shape index (κ1) is 15.3. The number of carbonyl (C=O) groups is 1. The predicted octanol–water partition coefficient (Wildman–Crippen LogP) is 0.775. The number of amidine groups is 1. The SMILES string of the molecule is COCCn1cc(NC(=O)C2(C(N)=NO)CCCC2)cn1. The topological polar surface area (TPSA) is 115 Å². The molecule has 0 atom stereocenters. The zero-order valence-electron chi connectivity index (χ0n) is 12.1. The van der Waals surface area contributed by atoms with Crippen molar-refractivity contribution in [1.29, 1.82) is 0 Å². The van der Waals surface area contributed by atoms with Gasteiger partial charge in [0, 0.05) is 13.3 Å². The Hall–Kier alpha value is -2.09. The number of rotatable bonds is 6. The molecule has 0 bridgehead atoms. The minimum absolute atomic E-state index is 0.0238. The van der Waals surface area contributed by atoms with Crippen LogP contribution in [0.15, 0.2) is 17.5 Å². The normalized spacial score (nSPS) is 17.9. The Morgan fingerprint density at radius 2 is 2.33 bits per heavy atom. The fourth-order valence-electron chi connectivity index (χ4n) is 2.66. The lowest BCUT2D eigenvalue weighted by Gasteiger charge is -2.25. The van der Waals surface area contributed by atoms with E-state index in [0.29, 0.717) is 31.7 Å². The molecule has 0 unspecified atom stereocenters. The van der Waals surface area contributed by atoms with Crippen LogP contribution >= 0.6 is 0 Å². The summed E-state index contributed by atoms with van der Waals surface area (Å²) >= 11 is 0. The third kappa shape index (κ3) is 3.15. The molecule has 4 N–H and O–H groups in total. The first-order valence-corrected chi connectivity index (χ1v) is 6.93. The highest BCUT2D eigenvalue weighted by atomic mass is 16.5. The van der Waals surface area contributed by atoms with Gasteiger partial charge < -0.3 is 21.0 Å². The molecule has 0 aliphatic heterocycles. The van der Waals surface area contributed by atoms with Crippen LogP contribution in [0.1, 0.15) is 25.7 Å². The minimum Gasteiger partial charge on any atom is -0.409 e. The van der Waals surface area contributed by atoms with Gasteiger partial charge in [-0.1, -0.05) is 18.0 Å². The summed E-state index contributed by atoms with van der Waals surface area (Å²) in [7, 11) is 1.62. The molecule has 0 aromatic carbocycles. The summed E-state index contributed by atoms with van der Waals surface area (Å²) in [6.07, 6.45) is 6.25. The summed E-state index contributed by atoms with van der Waals surface area (Å²) < 4.78 is 6.66. The number of aromatic nitrogens is 2. The molecule has 1 aromatic heterocycles. The van der Waals surface area contributed by atoms with Gasteiger partial charge in [0.2, 0.25) is 5.91 Å². The molecular weight excluding hydrogens is 274 g/mol. The molecule has 1 aromatic rings. The number of anilines is 1. The van der Waals surface area contributed by atoms with Crippen LogP contribution in [0, 0.1) is 5.41 Å². The van der Waals surface area contributed by atoms with Crippen molar-refractivity contribution in [2.75, 3.05) is 19.0 Å². The van der Waals surface area contributed by atoms with Crippen molar-refractivity contribution in [1.82, 2.24) is 9.78 Å². The van der Waals surface area contributed by atoms with Gasteiger partial charge in [-0.05, 0) is 12.8 Å². The van der Waals surface area contributed by atoms with Crippen LogP contribution in [-0.4, -0.2) is 40.4 Å². The van der Waals surface area contributed by atoms with Gasteiger partial charge in [-0.3, -0.25) is 9.48 Å². The van der Waals surface area contributed by atoms with Crippen molar-refractivity contribution in [2.45, 2.75) is 32.2 Å². The molecule has 0 saturated heterocycles. The van der Waals surface area contributed by atoms with Gasteiger partial charge in [-0.25, -0.2) is 0 Å². The van der Waals surface area contributed by atoms with Crippen LogP contribution in [-0.2, 0) is 16.1 Å². The zero-order chi connectivity index (χ0) is 15.3. The van der Waals surface area contributed by atoms with Crippen molar-refractivity contribution in [3.05, 3.63) is 12.4 Å². The number of hydrogen-bond donors (Lipinski definition) is 3. The van der Waals surface area contributed by atoms with E-state index in [4.69, 9.17) is 15.7 Å². The maximum atomic E-state index is 12.5. The lowest BCUT2D eigenvalue weighted by Crippen LogP contribution is -2.45. The predicted molar refractivity (Wildman–Crippen MR) is 77.0 cm³/mol. The highest BCUT2D eigenvalue weighted by Gasteiger charge is 2.45. The van der Waals surface area contributed by atoms with Crippen molar-refractivity contribution >= 4 is 17.4 Å². The Labute approximate surface area is 122 Å². The average molecular weight is 295 g/mol. The summed E-state index contributed by atoms with van der Waals surface area (Å²) in [6.45, 7) is 1.15. The molecular formula is C13H21N5O3. The number of hydrogen-bond acceptors (Lipinski definition) is 5. The van der Waals surface area contributed by atoms with Crippen molar-refractivity contribution < 1.29 is 14.7 Å². The number of nitrogens with zero attached hydrogens (tertiary/aromatic N) is 3. The molecule has 1 aliphatic rings. The van der Waals surface area contributed by atoms with Crippen LogP contribution in [0.5, 0.6) is 0 Å². The maximum absolute atomic E-state index is 12.5. The first-order valence-electron chi connectivity index (χ1n) is 6.93. The van der Waals surface area contributed by atoms with Crippen molar-refractivity contribution in [2.24, 2.45) is 16.3 Å². The van der Waals surface area contributed by atoms with Gasteiger partial charge in [-0.15, -0.1) is 0 Å². The lowest BCUT2D eigenvalue weighted by atomic mass is 9.84. The van der Waals surface area contributed by atoms with E-state index in [1.54, 1.807) is 24.2 Å². The molecule has 1 amide bonds. The summed E-state index contributed by atoms with van der Waals surface area (Å²) in [4.78, 5) is 12.5. The quantitative estimate of drug-likeness (QED) is 0.310. The van der Waals surface area contributed by atoms with Gasteiger partial charge in [0.05, 0.1) is 25.0 Å². The van der Waals surface area contributed by atoms with E-state index in [-0.39, 0.29) is 11.7 Å². The summed E-state index contributed by atoms with van der Waals surface area (Å²) in [5.74, 6) is -0.272. The van der Waals surface area contributed by atoms with Gasteiger partial charge in [0.15, 0.2) is 5.84 Å². The van der Waals surface area contributed by atoms with E-state index in [1.165, 1.54) is 0 Å². The second kappa shape index (κ2) is 6.57. The second-order valence-corrected chi connectivity index (χ2v) is 5.21. The van der Waals surface area contributed by atoms with E-state index < -0.39 is 5.41 Å². The highest BCUT2D eigenvalue weighted by molar-refractivity contribution is 6.12. The van der Waals surface area contributed by atoms with E-state index >= 15 is 0 Å². The second-order valence-electron chi connectivity index (χ2n) is 5.21. The molecule has 0 spiro atoms. The summed E-state index contributed by atoms with van der Waals surface area (Å²) in [5, 5.41) is 18.9. The molecule has 8 heteroatoms. The van der Waals surface area contributed by atoms with E-state index in [0.717, 1.165) is 12.8 Å². The van der Waals surface area contributed by atoms with Crippen molar-refractivity contribution in [3.63, 3.8) is 0 Å². The summed E-state index contributed by atoms with van der Waals surface area (Å²) in [5.41, 5.74) is 5.42. The molecule has 1 heterocycles. The largest absolute Gasteiger partial charge is 0.409 e. The Kier molecular flexibility index (Phi) is 4.79. The number of oxime groups is 1. The molecule has 2 rings (SSSR count). The van der Waals surface area contributed by atoms with Crippen molar-refractivity contribution in [3.8, 4) is 0 Å². The Bertz CT molecular complexity index is 520. The molecule has 1 saturated carbocycles. The Morgan fingerprint density at radius 1 is 1.62 bits per heavy atom. The molecule has 1 aliphatic carbocycles. The highest BCUT2D eigenvalue weighted by Crippen LogP contribution is 2.39. The Morgan fingerprint density at radius 3 is 2.95 bits per heavy atom. The van der Waals surface area contributed by atoms with Crippen LogP contribution in [0.2, 0.25) is 0 Å². The van der Waals surface area contributed by atoms with E-state index in [2.05, 4.69) is 15.6 Å². The number of amides is 1. The average Bonchev–Trinajstić information content (AvgIpc) is 3.14. The van der Waals surface area contributed by atoms with Gasteiger partial charge in [0.1, 0.15) is 5.41 Å². The van der Waals surface area contributed by atoms with Crippen LogP contribution in [0.4, 0.5) is 5.69 Å². The lowest BCUT2D eigenvalue weighted by molar-refractivity contribution is -0.122. The van der Waals surface area contributed by atoms with Gasteiger partial charge >= 0.3 is 0 Å².